The number of phosphoric ester groups is 1. The summed E-state index contributed by atoms with van der Waals surface area (Å²) in [5.41, 5.74) is 0. The van der Waals surface area contributed by atoms with Gasteiger partial charge in [-0.15, -0.1) is 0 Å². The number of unbranched alkanes of at least 4 members (excludes halogenated alkanes) is 29. The minimum atomic E-state index is -4.47. The molecule has 0 aromatic heterocycles. The smallest absolute Gasteiger partial charge is 0.456 e. The Morgan fingerprint density at radius 2 is 0.844 bits per heavy atom. The van der Waals surface area contributed by atoms with E-state index in [4.69, 9.17) is 13.8 Å². The Kier molecular flexibility index (Phi) is 54.4. The van der Waals surface area contributed by atoms with E-state index in [1.807, 2.05) is 39.4 Å². The predicted octanol–water partition coefficient (Wildman–Crippen LogP) is 19.8. The van der Waals surface area contributed by atoms with E-state index in [0.717, 1.165) is 77.0 Å². The Labute approximate surface area is 476 Å². The molecule has 0 aliphatic rings. The van der Waals surface area contributed by atoms with E-state index >= 15 is 0 Å². The first-order chi connectivity index (χ1) is 37.4. The first kappa shape index (κ1) is 74.2. The molecule has 446 valence electrons. The summed E-state index contributed by atoms with van der Waals surface area (Å²) in [6.45, 7) is 6.87. The molecule has 0 aromatic carbocycles. The number of carbonyl (C=O) groups excluding carboxylic acids is 2. The molecule has 2 N–H and O–H groups in total. The summed E-state index contributed by atoms with van der Waals surface area (Å²) in [7, 11) is 1.46. The molecule has 77 heavy (non-hydrogen) atoms. The fourth-order valence-corrected chi connectivity index (χ4v) is 9.70. The molecular weight excluding hydrogens is 976 g/mol. The molecule has 0 aliphatic carbocycles. The molecule has 0 radical (unpaired) electrons. The highest BCUT2D eigenvalue weighted by molar-refractivity contribution is 7.47. The number of nitrogens with zero attached hydrogens (tertiary/aromatic N) is 1. The lowest BCUT2D eigenvalue weighted by Gasteiger charge is -2.27. The van der Waals surface area contributed by atoms with Crippen LogP contribution in [0.15, 0.2) is 85.1 Å². The van der Waals surface area contributed by atoms with Gasteiger partial charge < -0.3 is 19.4 Å². The fraction of sp³-hybridized carbons (Fsp3) is 0.761. The molecule has 0 fully saturated rings. The molecule has 3 unspecified atom stereocenters. The SMILES string of the molecule is CC/C=C\C/C=C\C/C=C\C/C=C\C/C=C\C/C=C\CCC(=O)OC(/C=C/CCCCCCCCCCCCC)C(COP(=O)(O)OCC[N+](C)(C)C)NC(=O)CCCCCCCCCCCCCCCCCCCCC. The minimum absolute atomic E-state index is 0.0274. The lowest BCUT2D eigenvalue weighted by Crippen LogP contribution is -2.47. The monoisotopic (exact) mass is 1100 g/mol. The molecule has 0 rings (SSSR count). The number of amides is 1. The van der Waals surface area contributed by atoms with Crippen molar-refractivity contribution in [2.24, 2.45) is 0 Å². The number of allylic oxidation sites excluding steroid dienone is 13. The van der Waals surface area contributed by atoms with Crippen LogP contribution in [0, 0.1) is 0 Å². The number of ether oxygens (including phenoxy) is 1. The van der Waals surface area contributed by atoms with E-state index < -0.39 is 25.9 Å². The van der Waals surface area contributed by atoms with Crippen molar-refractivity contribution in [3.8, 4) is 0 Å². The van der Waals surface area contributed by atoms with E-state index in [1.54, 1.807) is 0 Å². The largest absolute Gasteiger partial charge is 0.472 e. The number of hydrogen-bond donors (Lipinski definition) is 2. The zero-order valence-corrected chi connectivity index (χ0v) is 51.8. The second kappa shape index (κ2) is 56.5. The Balaban J connectivity index is 5.36. The summed E-state index contributed by atoms with van der Waals surface area (Å²) >= 11 is 0. The summed E-state index contributed by atoms with van der Waals surface area (Å²) in [6, 6.07) is -0.881. The van der Waals surface area contributed by atoms with Crippen LogP contribution in [0.5, 0.6) is 0 Å². The Morgan fingerprint density at radius 3 is 1.25 bits per heavy atom. The van der Waals surface area contributed by atoms with Gasteiger partial charge >= 0.3 is 13.8 Å². The summed E-state index contributed by atoms with van der Waals surface area (Å²) in [6.07, 6.45) is 74.5. The molecule has 1 amide bonds. The quantitative estimate of drug-likeness (QED) is 0.0205. The Bertz CT molecular complexity index is 1590. The van der Waals surface area contributed by atoms with Crippen LogP contribution in [0.1, 0.15) is 278 Å². The van der Waals surface area contributed by atoms with Gasteiger partial charge in [0.15, 0.2) is 0 Å². The van der Waals surface area contributed by atoms with Crippen LogP contribution in [-0.2, 0) is 27.9 Å². The standard InChI is InChI=1S/C67H121N2O7P/c1-7-10-13-16-19-22-25-28-30-32-34-36-38-41-44-47-50-53-56-59-66(70)68-64(63-75-77(72,73)74-62-61-69(4,5)6)65(58-55-52-49-46-43-40-27-24-21-18-15-12-9-3)76-67(71)60-57-54-51-48-45-42-39-37-35-33-31-29-26-23-20-17-14-11-8-2/h11,14,20,23,29,31,35,37,42,45,51,54-55,58,64-65H,7-10,12-13,15-19,21-22,24-28,30,32-34,36,38-41,43-44,46-50,52-53,56-57,59-63H2,1-6H3,(H-,68,70,72,73)/p+1/b14-11-,23-20-,31-29-,37-35-,45-42-,54-51-,58-55+. The zero-order chi connectivity index (χ0) is 56.4. The third-order valence-corrected chi connectivity index (χ3v) is 14.8. The molecule has 0 aromatic rings. The van der Waals surface area contributed by atoms with Crippen molar-refractivity contribution in [2.75, 3.05) is 40.9 Å². The maximum Gasteiger partial charge on any atom is 0.472 e. The summed E-state index contributed by atoms with van der Waals surface area (Å²) < 4.78 is 30.7. The van der Waals surface area contributed by atoms with Crippen molar-refractivity contribution in [2.45, 2.75) is 290 Å². The number of rotatable bonds is 57. The molecule has 3 atom stereocenters. The minimum Gasteiger partial charge on any atom is -0.456 e. The van der Waals surface area contributed by atoms with Gasteiger partial charge in [-0.25, -0.2) is 4.57 Å². The van der Waals surface area contributed by atoms with Crippen molar-refractivity contribution >= 4 is 19.7 Å². The normalized spacial score (nSPS) is 14.2. The molecule has 9 nitrogen and oxygen atoms in total. The van der Waals surface area contributed by atoms with Crippen molar-refractivity contribution < 1.29 is 37.3 Å². The zero-order valence-electron chi connectivity index (χ0n) is 50.9. The highest BCUT2D eigenvalue weighted by Gasteiger charge is 2.30. The van der Waals surface area contributed by atoms with E-state index in [0.29, 0.717) is 23.9 Å². The van der Waals surface area contributed by atoms with Crippen LogP contribution in [-0.4, -0.2) is 74.3 Å². The highest BCUT2D eigenvalue weighted by atomic mass is 31.2. The van der Waals surface area contributed by atoms with E-state index in [1.165, 1.54) is 161 Å². The second-order valence-electron chi connectivity index (χ2n) is 22.6. The maximum atomic E-state index is 13.6. The van der Waals surface area contributed by atoms with Crippen LogP contribution in [0.2, 0.25) is 0 Å². The third kappa shape index (κ3) is 57.7. The van der Waals surface area contributed by atoms with Crippen LogP contribution in [0.4, 0.5) is 0 Å². The van der Waals surface area contributed by atoms with Crippen LogP contribution < -0.4 is 5.32 Å². The summed E-state index contributed by atoms with van der Waals surface area (Å²) in [5, 5.41) is 3.04. The summed E-state index contributed by atoms with van der Waals surface area (Å²) in [4.78, 5) is 37.7. The van der Waals surface area contributed by atoms with E-state index in [2.05, 4.69) is 92.9 Å². The van der Waals surface area contributed by atoms with Gasteiger partial charge in [-0.05, 0) is 70.3 Å². The maximum absolute atomic E-state index is 13.6. The Morgan fingerprint density at radius 1 is 0.468 bits per heavy atom. The van der Waals surface area contributed by atoms with Crippen LogP contribution in [0.25, 0.3) is 0 Å². The van der Waals surface area contributed by atoms with Crippen molar-refractivity contribution in [1.29, 1.82) is 0 Å². The van der Waals surface area contributed by atoms with Crippen molar-refractivity contribution in [1.82, 2.24) is 5.32 Å². The van der Waals surface area contributed by atoms with Gasteiger partial charge in [-0.3, -0.25) is 18.6 Å². The number of phosphoric acid groups is 1. The number of hydrogen-bond acceptors (Lipinski definition) is 6. The van der Waals surface area contributed by atoms with E-state index in [9.17, 15) is 19.0 Å². The molecule has 0 saturated carbocycles. The van der Waals surface area contributed by atoms with Gasteiger partial charge in [-0.1, -0.05) is 280 Å². The molecule has 0 spiro atoms. The topological polar surface area (TPSA) is 111 Å². The van der Waals surface area contributed by atoms with Gasteiger partial charge in [-0.2, -0.15) is 0 Å². The fourth-order valence-electron chi connectivity index (χ4n) is 8.97. The van der Waals surface area contributed by atoms with Crippen LogP contribution in [0.3, 0.4) is 0 Å². The molecular formula is C67H122N2O7P+. The number of esters is 1. The van der Waals surface area contributed by atoms with Gasteiger partial charge in [0.25, 0.3) is 0 Å². The molecule has 10 heteroatoms. The van der Waals surface area contributed by atoms with Gasteiger partial charge in [0.2, 0.25) is 5.91 Å². The van der Waals surface area contributed by atoms with Gasteiger partial charge in [0, 0.05) is 12.8 Å². The molecule has 0 aliphatic heterocycles. The third-order valence-electron chi connectivity index (χ3n) is 13.9. The second-order valence-corrected chi connectivity index (χ2v) is 24.0. The average molecular weight is 1100 g/mol. The van der Waals surface area contributed by atoms with Crippen molar-refractivity contribution in [3.05, 3.63) is 85.1 Å². The molecule has 0 bridgehead atoms. The first-order valence-electron chi connectivity index (χ1n) is 31.9. The summed E-state index contributed by atoms with van der Waals surface area (Å²) in [5.74, 6) is -0.597. The molecule has 0 saturated heterocycles. The highest BCUT2D eigenvalue weighted by Crippen LogP contribution is 2.43. The number of carbonyl (C=O) groups is 2. The van der Waals surface area contributed by atoms with E-state index in [-0.39, 0.29) is 25.5 Å². The first-order valence-corrected chi connectivity index (χ1v) is 33.4. The number of nitrogens with one attached hydrogen (secondary N) is 1. The number of quaternary nitrogens is 1. The average Bonchev–Trinajstić information content (AvgIpc) is 3.39. The van der Waals surface area contributed by atoms with Gasteiger partial charge in [0.05, 0.1) is 33.8 Å². The molecule has 0 heterocycles. The van der Waals surface area contributed by atoms with Crippen molar-refractivity contribution in [3.63, 3.8) is 0 Å². The predicted molar refractivity (Wildman–Crippen MR) is 332 cm³/mol. The van der Waals surface area contributed by atoms with Gasteiger partial charge in [0.1, 0.15) is 19.3 Å². The van der Waals surface area contributed by atoms with Crippen LogP contribution >= 0.6 is 7.82 Å². The lowest BCUT2D eigenvalue weighted by molar-refractivity contribution is -0.870. The lowest BCUT2D eigenvalue weighted by atomic mass is 10.0. The Hall–Kier alpha value is -2.81. The number of likely N-dealkylation sites (N-methyl/N-ethyl adjacent to an activating group) is 1.